The van der Waals surface area contributed by atoms with Crippen LogP contribution in [0.5, 0.6) is 0 Å². The summed E-state index contributed by atoms with van der Waals surface area (Å²) < 4.78 is 0. The molecule has 0 saturated heterocycles. The number of carbonyl (C=O) groups excluding carboxylic acids is 1. The summed E-state index contributed by atoms with van der Waals surface area (Å²) in [4.78, 5) is 12.0. The highest BCUT2D eigenvalue weighted by atomic mass is 32.1. The third-order valence-electron chi connectivity index (χ3n) is 2.41. The molecular formula is C12H25NOS. The number of ketones is 1. The first kappa shape index (κ1) is 15.0. The molecule has 1 N–H and O–H groups in total. The summed E-state index contributed by atoms with van der Waals surface area (Å²) >= 11 is 4.55. The molecule has 2 atom stereocenters. The van der Waals surface area contributed by atoms with E-state index in [-0.39, 0.29) is 23.0 Å². The lowest BCUT2D eigenvalue weighted by atomic mass is 9.93. The topological polar surface area (TPSA) is 29.1 Å². The minimum atomic E-state index is -0.131. The van der Waals surface area contributed by atoms with Gasteiger partial charge in [-0.25, -0.2) is 0 Å². The number of rotatable bonds is 6. The summed E-state index contributed by atoms with van der Waals surface area (Å²) in [5, 5.41) is 3.40. The predicted molar refractivity (Wildman–Crippen MR) is 69.5 cm³/mol. The number of Topliss-reactive ketones (excluding diaryl/α,β-unsaturated/α-hetero) is 1. The molecule has 0 saturated carbocycles. The molecule has 0 aromatic rings. The average Bonchev–Trinajstić information content (AvgIpc) is 2.11. The molecule has 15 heavy (non-hydrogen) atoms. The quantitative estimate of drug-likeness (QED) is 0.688. The molecule has 0 spiro atoms. The molecule has 0 aliphatic rings. The maximum atomic E-state index is 12.0. The van der Waals surface area contributed by atoms with Crippen molar-refractivity contribution >= 4 is 18.4 Å². The van der Waals surface area contributed by atoms with Crippen LogP contribution >= 0.6 is 12.6 Å². The van der Waals surface area contributed by atoms with Gasteiger partial charge in [-0.3, -0.25) is 4.79 Å². The van der Waals surface area contributed by atoms with Gasteiger partial charge in [-0.1, -0.05) is 41.5 Å². The first-order valence-electron chi connectivity index (χ1n) is 5.75. The second kappa shape index (κ2) is 6.54. The molecule has 0 aliphatic heterocycles. The van der Waals surface area contributed by atoms with Gasteiger partial charge in [0.2, 0.25) is 0 Å². The van der Waals surface area contributed by atoms with E-state index in [1.165, 1.54) is 0 Å². The number of thiol groups is 1. The first-order chi connectivity index (χ1) is 6.77. The van der Waals surface area contributed by atoms with Crippen LogP contribution in [0.25, 0.3) is 0 Å². The second-order valence-corrected chi connectivity index (χ2v) is 5.69. The van der Waals surface area contributed by atoms with Crippen LogP contribution in [0, 0.1) is 11.8 Å². The van der Waals surface area contributed by atoms with E-state index >= 15 is 0 Å². The lowest BCUT2D eigenvalue weighted by molar-refractivity contribution is -0.124. The summed E-state index contributed by atoms with van der Waals surface area (Å²) in [5.74, 6) is 0.722. The number of nitrogens with one attached hydrogen (secondary N) is 1. The van der Waals surface area contributed by atoms with Gasteiger partial charge in [-0.05, 0) is 5.92 Å². The molecule has 0 aromatic heterocycles. The fourth-order valence-electron chi connectivity index (χ4n) is 1.45. The summed E-state index contributed by atoms with van der Waals surface area (Å²) in [5.41, 5.74) is 0. The molecule has 3 heteroatoms. The van der Waals surface area contributed by atoms with E-state index in [0.717, 1.165) is 0 Å². The third-order valence-corrected chi connectivity index (χ3v) is 3.31. The zero-order valence-corrected chi connectivity index (χ0v) is 11.6. The molecule has 0 bridgehead atoms. The van der Waals surface area contributed by atoms with E-state index in [9.17, 15) is 4.79 Å². The Bertz CT molecular complexity index is 202. The Labute approximate surface area is 99.6 Å². The summed E-state index contributed by atoms with van der Waals surface area (Å²) in [7, 11) is 0. The van der Waals surface area contributed by atoms with Crippen LogP contribution in [0.2, 0.25) is 0 Å². The van der Waals surface area contributed by atoms with Crippen molar-refractivity contribution in [2.45, 2.75) is 58.9 Å². The highest BCUT2D eigenvalue weighted by Gasteiger charge is 2.29. The Morgan fingerprint density at radius 3 is 1.80 bits per heavy atom. The van der Waals surface area contributed by atoms with E-state index in [2.05, 4.69) is 45.6 Å². The van der Waals surface area contributed by atoms with Crippen molar-refractivity contribution in [2.24, 2.45) is 11.8 Å². The third kappa shape index (κ3) is 5.03. The largest absolute Gasteiger partial charge is 0.304 e. The maximum absolute atomic E-state index is 12.0. The van der Waals surface area contributed by atoms with E-state index in [1.54, 1.807) is 0 Å². The molecule has 90 valence electrons. The molecule has 0 fully saturated rings. The highest BCUT2D eigenvalue weighted by molar-refractivity contribution is 7.81. The lowest BCUT2D eigenvalue weighted by Crippen LogP contribution is -2.50. The number of carbonyl (C=O) groups is 1. The van der Waals surface area contributed by atoms with Crippen LogP contribution < -0.4 is 5.32 Å². The van der Waals surface area contributed by atoms with Crippen molar-refractivity contribution in [1.29, 1.82) is 0 Å². The van der Waals surface area contributed by atoms with Crippen molar-refractivity contribution < 1.29 is 4.79 Å². The molecule has 2 unspecified atom stereocenters. The molecule has 0 rings (SSSR count). The van der Waals surface area contributed by atoms with Crippen LogP contribution in [0.15, 0.2) is 0 Å². The summed E-state index contributed by atoms with van der Waals surface area (Å²) in [6.07, 6.45) is 0. The fourth-order valence-corrected chi connectivity index (χ4v) is 1.69. The van der Waals surface area contributed by atoms with Crippen molar-refractivity contribution in [2.75, 3.05) is 0 Å². The van der Waals surface area contributed by atoms with Crippen LogP contribution in [0.4, 0.5) is 0 Å². The van der Waals surface area contributed by atoms with E-state index in [0.29, 0.717) is 12.0 Å². The van der Waals surface area contributed by atoms with Gasteiger partial charge in [-0.15, -0.1) is 0 Å². The number of hydrogen-bond donors (Lipinski definition) is 2. The molecular weight excluding hydrogens is 206 g/mol. The Morgan fingerprint density at radius 2 is 1.53 bits per heavy atom. The lowest BCUT2D eigenvalue weighted by Gasteiger charge is -2.29. The van der Waals surface area contributed by atoms with Crippen molar-refractivity contribution in [1.82, 2.24) is 5.32 Å². The van der Waals surface area contributed by atoms with E-state index < -0.39 is 0 Å². The summed E-state index contributed by atoms with van der Waals surface area (Å²) in [6, 6.07) is 0.180. The smallest absolute Gasteiger partial charge is 0.153 e. The van der Waals surface area contributed by atoms with Gasteiger partial charge in [0.1, 0.15) is 0 Å². The van der Waals surface area contributed by atoms with Gasteiger partial charge in [0, 0.05) is 17.2 Å². The minimum absolute atomic E-state index is 0.0645. The van der Waals surface area contributed by atoms with E-state index in [1.807, 2.05) is 13.8 Å². The summed E-state index contributed by atoms with van der Waals surface area (Å²) in [6.45, 7) is 12.2. The van der Waals surface area contributed by atoms with Crippen molar-refractivity contribution in [3.63, 3.8) is 0 Å². The molecule has 2 nitrogen and oxygen atoms in total. The molecule has 0 aliphatic carbocycles. The first-order valence-corrected chi connectivity index (χ1v) is 6.26. The SMILES string of the molecule is CC(C)NC(C(=O)C(C)C)C(S)C(C)C. The molecule has 0 aromatic carbocycles. The van der Waals surface area contributed by atoms with Gasteiger partial charge in [0.25, 0.3) is 0 Å². The Balaban J connectivity index is 4.64. The zero-order chi connectivity index (χ0) is 12.2. The van der Waals surface area contributed by atoms with Crippen LogP contribution in [-0.4, -0.2) is 23.1 Å². The van der Waals surface area contributed by atoms with Gasteiger partial charge >= 0.3 is 0 Å². The van der Waals surface area contributed by atoms with Crippen molar-refractivity contribution in [3.05, 3.63) is 0 Å². The highest BCUT2D eigenvalue weighted by Crippen LogP contribution is 2.17. The Morgan fingerprint density at radius 1 is 1.07 bits per heavy atom. The van der Waals surface area contributed by atoms with Crippen LogP contribution in [-0.2, 0) is 4.79 Å². The van der Waals surface area contributed by atoms with Crippen LogP contribution in [0.3, 0.4) is 0 Å². The maximum Gasteiger partial charge on any atom is 0.153 e. The Kier molecular flexibility index (Phi) is 6.53. The Hall–Kier alpha value is -0.0200. The van der Waals surface area contributed by atoms with Crippen LogP contribution in [0.1, 0.15) is 41.5 Å². The van der Waals surface area contributed by atoms with Crippen molar-refractivity contribution in [3.8, 4) is 0 Å². The van der Waals surface area contributed by atoms with Gasteiger partial charge < -0.3 is 5.32 Å². The zero-order valence-electron chi connectivity index (χ0n) is 10.7. The fraction of sp³-hybridized carbons (Fsp3) is 0.917. The molecule has 0 heterocycles. The van der Waals surface area contributed by atoms with E-state index in [4.69, 9.17) is 0 Å². The average molecular weight is 231 g/mol. The number of hydrogen-bond acceptors (Lipinski definition) is 3. The predicted octanol–water partition coefficient (Wildman–Crippen LogP) is 2.53. The molecule has 0 radical (unpaired) electrons. The minimum Gasteiger partial charge on any atom is -0.304 e. The van der Waals surface area contributed by atoms with Gasteiger partial charge in [0.05, 0.1) is 6.04 Å². The molecule has 0 amide bonds. The second-order valence-electron chi connectivity index (χ2n) is 5.09. The standard InChI is InChI=1S/C12H25NOS/c1-7(2)11(14)10(13-9(5)6)12(15)8(3)4/h7-10,12-13,15H,1-6H3. The van der Waals surface area contributed by atoms with Gasteiger partial charge in [-0.2, -0.15) is 12.6 Å². The normalized spacial score (nSPS) is 16.1. The van der Waals surface area contributed by atoms with Gasteiger partial charge in [0.15, 0.2) is 5.78 Å². The monoisotopic (exact) mass is 231 g/mol.